The van der Waals surface area contributed by atoms with Crippen LogP contribution in [0, 0.1) is 18.3 Å². The molecular formula is C23H27ClF3N3OS. The van der Waals surface area contributed by atoms with Gasteiger partial charge in [-0.1, -0.05) is 48.8 Å². The molecule has 0 saturated carbocycles. The highest BCUT2D eigenvalue weighted by atomic mass is 35.5. The zero-order chi connectivity index (χ0) is 23.9. The number of imidazole rings is 1. The van der Waals surface area contributed by atoms with Crippen LogP contribution < -0.4 is 0 Å². The maximum Gasteiger partial charge on any atom is 0.417 e. The van der Waals surface area contributed by atoms with Gasteiger partial charge in [0.1, 0.15) is 5.82 Å². The van der Waals surface area contributed by atoms with Crippen LogP contribution in [0.2, 0.25) is 0 Å². The van der Waals surface area contributed by atoms with Crippen molar-refractivity contribution >= 4 is 35.9 Å². The van der Waals surface area contributed by atoms with Gasteiger partial charge in [-0.25, -0.2) is 4.98 Å². The first-order chi connectivity index (χ1) is 15.1. The molecule has 1 heterocycles. The van der Waals surface area contributed by atoms with Crippen molar-refractivity contribution < 1.29 is 18.0 Å². The Bertz CT molecular complexity index is 985. The van der Waals surface area contributed by atoms with Crippen LogP contribution in [0.5, 0.6) is 0 Å². The molecule has 9 heteroatoms. The molecule has 32 heavy (non-hydrogen) atoms. The van der Waals surface area contributed by atoms with E-state index in [1.165, 1.54) is 12.1 Å². The van der Waals surface area contributed by atoms with Crippen molar-refractivity contribution in [1.29, 1.82) is 5.41 Å². The van der Waals surface area contributed by atoms with Crippen molar-refractivity contribution in [3.8, 4) is 0 Å². The summed E-state index contributed by atoms with van der Waals surface area (Å²) in [6, 6.07) is 4.36. The molecular weight excluding hydrogens is 459 g/mol. The number of halogens is 4. The molecule has 0 aliphatic heterocycles. The number of carbonyl (C=O) groups is 1. The minimum Gasteiger partial charge on any atom is -0.323 e. The lowest BCUT2D eigenvalue weighted by molar-refractivity contribution is -0.139. The van der Waals surface area contributed by atoms with E-state index in [-0.39, 0.29) is 15.8 Å². The van der Waals surface area contributed by atoms with E-state index in [1.54, 1.807) is 19.2 Å². The Balaban J connectivity index is 2.20. The van der Waals surface area contributed by atoms with Crippen LogP contribution in [-0.4, -0.2) is 22.1 Å². The molecule has 4 nitrogen and oxygen atoms in total. The molecule has 0 aliphatic carbocycles. The highest BCUT2D eigenvalue weighted by molar-refractivity contribution is 7.99. The van der Waals surface area contributed by atoms with Crippen molar-refractivity contribution in [3.63, 3.8) is 0 Å². The summed E-state index contributed by atoms with van der Waals surface area (Å²) in [6.45, 7) is 6.21. The first kappa shape index (κ1) is 26.2. The van der Waals surface area contributed by atoms with Crippen LogP contribution in [0.3, 0.4) is 0 Å². The topological polar surface area (TPSA) is 58.7 Å². The Morgan fingerprint density at radius 2 is 2.09 bits per heavy atom. The number of aryl methyl sites for hydroxylation is 2. The average Bonchev–Trinajstić information content (AvgIpc) is 3.10. The van der Waals surface area contributed by atoms with Gasteiger partial charge in [0.15, 0.2) is 6.29 Å². The molecule has 0 radical (unpaired) electrons. The smallest absolute Gasteiger partial charge is 0.323 e. The number of aromatic nitrogens is 2. The molecule has 1 aromatic carbocycles. The highest BCUT2D eigenvalue weighted by Gasteiger charge is 2.34. The molecule has 2 rings (SSSR count). The summed E-state index contributed by atoms with van der Waals surface area (Å²) in [4.78, 5) is 15.5. The van der Waals surface area contributed by atoms with Crippen LogP contribution in [0.4, 0.5) is 13.2 Å². The normalized spacial score (nSPS) is 13.6. The molecule has 174 valence electrons. The standard InChI is InChI=1S/C23H27ClF3N3OS/c1-4-10-30-21(7-5-6-16(3)17(12-28)19(24)14-31)29-13-22(30)32-20-9-8-15(2)11-18(20)23(25,26)27/h8-9,11-14,16,28H,4-7,10H2,1-3H3/b19-17-,28-12?. The maximum absolute atomic E-state index is 13.5. The zero-order valence-corrected chi connectivity index (χ0v) is 19.9. The Labute approximate surface area is 195 Å². The van der Waals surface area contributed by atoms with E-state index in [1.807, 2.05) is 18.4 Å². The second-order valence-corrected chi connectivity index (χ2v) is 9.09. The third-order valence-corrected chi connectivity index (χ3v) is 6.53. The second kappa shape index (κ2) is 11.7. The molecule has 1 atom stereocenters. The van der Waals surface area contributed by atoms with Gasteiger partial charge in [0.2, 0.25) is 0 Å². The molecule has 1 N–H and O–H groups in total. The number of aldehydes is 1. The number of hydrogen-bond donors (Lipinski definition) is 1. The predicted octanol–water partition coefficient (Wildman–Crippen LogP) is 7.07. The van der Waals surface area contributed by atoms with Crippen LogP contribution in [0.1, 0.15) is 50.1 Å². The Hall–Kier alpha value is -2.06. The minimum absolute atomic E-state index is 0.0391. The summed E-state index contributed by atoms with van der Waals surface area (Å²) >= 11 is 6.96. The summed E-state index contributed by atoms with van der Waals surface area (Å²) in [5.74, 6) is 0.750. The van der Waals surface area contributed by atoms with Gasteiger partial charge in [-0.2, -0.15) is 13.2 Å². The monoisotopic (exact) mass is 485 g/mol. The largest absolute Gasteiger partial charge is 0.417 e. The van der Waals surface area contributed by atoms with Gasteiger partial charge in [0.05, 0.1) is 21.8 Å². The van der Waals surface area contributed by atoms with Gasteiger partial charge in [-0.3, -0.25) is 4.79 Å². The van der Waals surface area contributed by atoms with E-state index in [9.17, 15) is 18.0 Å². The number of carbonyl (C=O) groups excluding carboxylic acids is 1. The number of nitrogens with one attached hydrogen (secondary N) is 1. The van der Waals surface area contributed by atoms with E-state index in [4.69, 9.17) is 17.0 Å². The third-order valence-electron chi connectivity index (χ3n) is 5.11. The highest BCUT2D eigenvalue weighted by Crippen LogP contribution is 2.40. The lowest BCUT2D eigenvalue weighted by Crippen LogP contribution is -2.09. The van der Waals surface area contributed by atoms with Gasteiger partial charge in [0, 0.05) is 24.1 Å². The summed E-state index contributed by atoms with van der Waals surface area (Å²) in [5, 5.41) is 8.18. The van der Waals surface area contributed by atoms with Crippen LogP contribution in [0.15, 0.2) is 44.9 Å². The number of nitrogens with zero attached hydrogens (tertiary/aromatic N) is 2. The van der Waals surface area contributed by atoms with Crippen molar-refractivity contribution in [2.45, 2.75) is 69.1 Å². The molecule has 0 saturated heterocycles. The fourth-order valence-corrected chi connectivity index (χ4v) is 4.74. The van der Waals surface area contributed by atoms with Gasteiger partial charge in [0.25, 0.3) is 0 Å². The quantitative estimate of drug-likeness (QED) is 0.210. The Kier molecular flexibility index (Phi) is 9.58. The molecule has 1 unspecified atom stereocenters. The van der Waals surface area contributed by atoms with Crippen molar-refractivity contribution in [2.24, 2.45) is 5.92 Å². The van der Waals surface area contributed by atoms with Gasteiger partial charge >= 0.3 is 6.18 Å². The first-order valence-electron chi connectivity index (χ1n) is 10.4. The van der Waals surface area contributed by atoms with Crippen molar-refractivity contribution in [1.82, 2.24) is 9.55 Å². The molecule has 0 aliphatic rings. The molecule has 0 fully saturated rings. The third kappa shape index (κ3) is 6.72. The zero-order valence-electron chi connectivity index (χ0n) is 18.3. The number of hydrogen-bond acceptors (Lipinski definition) is 4. The fraction of sp³-hybridized carbons (Fsp3) is 0.435. The number of rotatable bonds is 11. The average molecular weight is 486 g/mol. The SMILES string of the molecule is CCCn1c(Sc2ccc(C)cc2C(F)(F)F)cnc1CCCC(C)/C(C=N)=C(\Cl)C=O. The van der Waals surface area contributed by atoms with Crippen LogP contribution in [0.25, 0.3) is 0 Å². The number of benzene rings is 1. The van der Waals surface area contributed by atoms with Crippen LogP contribution in [-0.2, 0) is 23.9 Å². The summed E-state index contributed by atoms with van der Waals surface area (Å²) in [7, 11) is 0. The van der Waals surface area contributed by atoms with Gasteiger partial charge in [-0.15, -0.1) is 0 Å². The predicted molar refractivity (Wildman–Crippen MR) is 123 cm³/mol. The van der Waals surface area contributed by atoms with Crippen molar-refractivity contribution in [2.75, 3.05) is 0 Å². The second-order valence-electron chi connectivity index (χ2n) is 7.62. The molecule has 0 spiro atoms. The number of alkyl halides is 3. The fourth-order valence-electron chi connectivity index (χ4n) is 3.44. The lowest BCUT2D eigenvalue weighted by Gasteiger charge is -2.16. The van der Waals surface area contributed by atoms with E-state index < -0.39 is 11.7 Å². The van der Waals surface area contributed by atoms with Gasteiger partial charge in [-0.05, 0) is 49.8 Å². The van der Waals surface area contributed by atoms with E-state index in [0.717, 1.165) is 36.6 Å². The minimum atomic E-state index is -4.42. The van der Waals surface area contributed by atoms with Crippen molar-refractivity contribution in [3.05, 3.63) is 52.0 Å². The Morgan fingerprint density at radius 3 is 2.69 bits per heavy atom. The van der Waals surface area contributed by atoms with Gasteiger partial charge < -0.3 is 9.98 Å². The summed E-state index contributed by atoms with van der Waals surface area (Å²) < 4.78 is 42.5. The first-order valence-corrected chi connectivity index (χ1v) is 11.6. The molecule has 1 aromatic heterocycles. The number of allylic oxidation sites excluding steroid dienone is 2. The van der Waals surface area contributed by atoms with Crippen LogP contribution >= 0.6 is 23.4 Å². The summed E-state index contributed by atoms with van der Waals surface area (Å²) in [6.07, 6.45) is 1.75. The maximum atomic E-state index is 13.5. The van der Waals surface area contributed by atoms with E-state index in [0.29, 0.717) is 41.8 Å². The van der Waals surface area contributed by atoms with E-state index >= 15 is 0 Å². The summed E-state index contributed by atoms with van der Waals surface area (Å²) in [5.41, 5.74) is 0.417. The molecule has 0 amide bonds. The lowest BCUT2D eigenvalue weighted by atomic mass is 9.95. The Morgan fingerprint density at radius 1 is 1.38 bits per heavy atom. The molecule has 0 bridgehead atoms. The molecule has 2 aromatic rings. The van der Waals surface area contributed by atoms with E-state index in [2.05, 4.69) is 4.98 Å².